The van der Waals surface area contributed by atoms with Gasteiger partial charge in [0.1, 0.15) is 29.3 Å². The number of rotatable bonds is 5. The Kier molecular flexibility index (Phi) is 5.32. The molecule has 0 N–H and O–H groups in total. The van der Waals surface area contributed by atoms with Crippen molar-refractivity contribution in [3.63, 3.8) is 0 Å². The summed E-state index contributed by atoms with van der Waals surface area (Å²) >= 11 is 0. The van der Waals surface area contributed by atoms with Crippen molar-refractivity contribution in [2.24, 2.45) is 28.6 Å². The lowest BCUT2D eigenvalue weighted by molar-refractivity contribution is -0.174. The minimum absolute atomic E-state index is 0.0321. The fourth-order valence-corrected chi connectivity index (χ4v) is 8.43. The zero-order chi connectivity index (χ0) is 28.0. The lowest BCUT2D eigenvalue weighted by atomic mass is 9.60. The molecule has 0 radical (unpaired) electrons. The molecule has 4 bridgehead atoms. The second kappa shape index (κ2) is 8.13. The summed E-state index contributed by atoms with van der Waals surface area (Å²) in [5.41, 5.74) is -4.45. The highest BCUT2D eigenvalue weighted by Gasteiger charge is 2.87. The summed E-state index contributed by atoms with van der Waals surface area (Å²) in [6.07, 6.45) is 3.04. The molecule has 4 fully saturated rings. The van der Waals surface area contributed by atoms with Crippen LogP contribution in [0.4, 0.5) is 0 Å². The standard InChI is InChI=1S/C30H30O9/c1-16-24(33)29-15-28(16,38-18(3)32)12-10-20(29)30-13-11-21(37-17(2)31)27(4,26(35)39-30)23(30)22(29)25(34)36-14-19-8-6-5-7-9-19/h5-9,11,13,20-23H,1,10,12,14-15H2,2-4H3/t20-,21+,22-,23-,27+,28+,29-,30-/m1/s1. The number of ketones is 1. The van der Waals surface area contributed by atoms with Crippen LogP contribution in [0.15, 0.2) is 54.6 Å². The molecule has 1 heterocycles. The predicted molar refractivity (Wildman–Crippen MR) is 133 cm³/mol. The minimum Gasteiger partial charge on any atom is -0.461 e. The van der Waals surface area contributed by atoms with Crippen molar-refractivity contribution in [3.8, 4) is 0 Å². The molecule has 1 aliphatic heterocycles. The van der Waals surface area contributed by atoms with Gasteiger partial charge < -0.3 is 18.9 Å². The van der Waals surface area contributed by atoms with E-state index in [9.17, 15) is 24.0 Å². The van der Waals surface area contributed by atoms with Crippen molar-refractivity contribution in [1.29, 1.82) is 0 Å². The molecule has 5 aliphatic rings. The Morgan fingerprint density at radius 2 is 1.82 bits per heavy atom. The van der Waals surface area contributed by atoms with Crippen molar-refractivity contribution in [3.05, 3.63) is 60.2 Å². The van der Waals surface area contributed by atoms with E-state index in [-0.39, 0.29) is 24.4 Å². The summed E-state index contributed by atoms with van der Waals surface area (Å²) in [4.78, 5) is 66.2. The third-order valence-corrected chi connectivity index (χ3v) is 9.79. The van der Waals surface area contributed by atoms with Gasteiger partial charge in [-0.05, 0) is 37.5 Å². The smallest absolute Gasteiger partial charge is 0.317 e. The van der Waals surface area contributed by atoms with E-state index in [1.54, 1.807) is 19.1 Å². The van der Waals surface area contributed by atoms with Crippen LogP contribution in [0.1, 0.15) is 45.6 Å². The topological polar surface area (TPSA) is 122 Å². The lowest BCUT2D eigenvalue weighted by Gasteiger charge is -2.44. The van der Waals surface area contributed by atoms with Crippen LogP contribution in [0, 0.1) is 28.6 Å². The SMILES string of the molecule is C=C1C(=O)[C@]23C[C@@]1(OC(C)=O)CC[C@H]2[C@@]12C=C[C@H](OC(C)=O)[C@](C)(C(=O)O1)[C@H]2[C@@H]3C(=O)OCc1ccccc1. The molecule has 9 heteroatoms. The second-order valence-electron chi connectivity index (χ2n) is 11.7. The first-order valence-electron chi connectivity index (χ1n) is 13.2. The van der Waals surface area contributed by atoms with E-state index in [2.05, 4.69) is 6.58 Å². The van der Waals surface area contributed by atoms with Gasteiger partial charge in [-0.15, -0.1) is 0 Å². The number of hydrogen-bond donors (Lipinski definition) is 0. The monoisotopic (exact) mass is 534 g/mol. The van der Waals surface area contributed by atoms with E-state index in [0.717, 1.165) is 5.56 Å². The Hall–Kier alpha value is -3.75. The molecule has 4 aliphatic carbocycles. The van der Waals surface area contributed by atoms with Gasteiger partial charge in [0, 0.05) is 37.7 Å². The van der Waals surface area contributed by atoms with Gasteiger partial charge in [-0.1, -0.05) is 36.9 Å². The van der Waals surface area contributed by atoms with Crippen molar-refractivity contribution in [1.82, 2.24) is 0 Å². The molecule has 6 rings (SSSR count). The number of esters is 4. The molecule has 1 aromatic rings. The van der Waals surface area contributed by atoms with Gasteiger partial charge in [0.25, 0.3) is 0 Å². The Morgan fingerprint density at radius 1 is 1.10 bits per heavy atom. The minimum atomic E-state index is -1.45. The highest BCUT2D eigenvalue weighted by Crippen LogP contribution is 2.77. The number of fused-ring (bicyclic) bond motifs is 1. The number of carbonyl (C=O) groups is 5. The van der Waals surface area contributed by atoms with Crippen molar-refractivity contribution in [2.75, 3.05) is 0 Å². The first-order valence-corrected chi connectivity index (χ1v) is 13.2. The van der Waals surface area contributed by atoms with Gasteiger partial charge in [0.15, 0.2) is 5.78 Å². The molecule has 9 nitrogen and oxygen atoms in total. The molecule has 0 unspecified atom stereocenters. The average molecular weight is 535 g/mol. The molecule has 3 saturated carbocycles. The quantitative estimate of drug-likeness (QED) is 0.243. The molecule has 1 saturated heterocycles. The third kappa shape index (κ3) is 3.10. The third-order valence-electron chi connectivity index (χ3n) is 9.79. The van der Waals surface area contributed by atoms with Gasteiger partial charge in [-0.25, -0.2) is 0 Å². The molecule has 8 atom stereocenters. The molecule has 1 spiro atoms. The van der Waals surface area contributed by atoms with Crippen molar-refractivity contribution < 1.29 is 42.9 Å². The van der Waals surface area contributed by atoms with Crippen LogP contribution in [0.5, 0.6) is 0 Å². The Labute approximate surface area is 225 Å². The number of hydrogen-bond acceptors (Lipinski definition) is 9. The van der Waals surface area contributed by atoms with Crippen LogP contribution in [-0.2, 0) is 49.5 Å². The summed E-state index contributed by atoms with van der Waals surface area (Å²) in [5, 5.41) is 0. The summed E-state index contributed by atoms with van der Waals surface area (Å²) < 4.78 is 23.3. The zero-order valence-electron chi connectivity index (χ0n) is 22.1. The summed E-state index contributed by atoms with van der Waals surface area (Å²) in [6.45, 7) is 8.15. The first-order chi connectivity index (χ1) is 18.4. The van der Waals surface area contributed by atoms with Crippen LogP contribution in [0.25, 0.3) is 0 Å². The van der Waals surface area contributed by atoms with Gasteiger partial charge in [0.2, 0.25) is 0 Å². The number of carbonyl (C=O) groups excluding carboxylic acids is 5. The van der Waals surface area contributed by atoms with Crippen LogP contribution < -0.4 is 0 Å². The van der Waals surface area contributed by atoms with Gasteiger partial charge in [-0.2, -0.15) is 0 Å². The van der Waals surface area contributed by atoms with Crippen LogP contribution in [0.2, 0.25) is 0 Å². The average Bonchev–Trinajstić information content (AvgIpc) is 3.30. The zero-order valence-corrected chi connectivity index (χ0v) is 22.1. The highest BCUT2D eigenvalue weighted by atomic mass is 16.6. The van der Waals surface area contributed by atoms with Gasteiger partial charge in [-0.3, -0.25) is 24.0 Å². The summed E-state index contributed by atoms with van der Waals surface area (Å²) in [7, 11) is 0. The maximum atomic E-state index is 14.3. The molecule has 0 aromatic heterocycles. The molecule has 0 amide bonds. The van der Waals surface area contributed by atoms with Gasteiger partial charge in [0.05, 0.1) is 11.3 Å². The predicted octanol–water partition coefficient (Wildman–Crippen LogP) is 3.01. The fraction of sp³-hybridized carbons (Fsp3) is 0.500. The second-order valence-corrected chi connectivity index (χ2v) is 11.7. The van der Waals surface area contributed by atoms with E-state index in [1.807, 2.05) is 30.3 Å². The Morgan fingerprint density at radius 3 is 2.49 bits per heavy atom. The normalized spacial score (nSPS) is 40.9. The van der Waals surface area contributed by atoms with E-state index in [0.29, 0.717) is 12.8 Å². The van der Waals surface area contributed by atoms with Crippen molar-refractivity contribution >= 4 is 29.7 Å². The van der Waals surface area contributed by atoms with E-state index >= 15 is 0 Å². The molecule has 39 heavy (non-hydrogen) atoms. The maximum absolute atomic E-state index is 14.3. The molecular formula is C30H30O9. The van der Waals surface area contributed by atoms with E-state index < -0.39 is 69.8 Å². The first kappa shape index (κ1) is 25.5. The lowest BCUT2D eigenvalue weighted by Crippen LogP contribution is -2.52. The van der Waals surface area contributed by atoms with Crippen molar-refractivity contribution in [2.45, 2.75) is 63.9 Å². The molecule has 204 valence electrons. The van der Waals surface area contributed by atoms with E-state index in [4.69, 9.17) is 18.9 Å². The summed E-state index contributed by atoms with van der Waals surface area (Å²) in [5.74, 6) is -5.34. The number of benzene rings is 1. The van der Waals surface area contributed by atoms with E-state index in [1.165, 1.54) is 13.8 Å². The van der Waals surface area contributed by atoms with Gasteiger partial charge >= 0.3 is 23.9 Å². The summed E-state index contributed by atoms with van der Waals surface area (Å²) in [6, 6.07) is 9.13. The highest BCUT2D eigenvalue weighted by molar-refractivity contribution is 6.08. The molecular weight excluding hydrogens is 504 g/mol. The van der Waals surface area contributed by atoms with Crippen LogP contribution in [0.3, 0.4) is 0 Å². The Balaban J connectivity index is 1.51. The Bertz CT molecular complexity index is 1360. The van der Waals surface area contributed by atoms with Crippen LogP contribution >= 0.6 is 0 Å². The maximum Gasteiger partial charge on any atom is 0.317 e. The fourth-order valence-electron chi connectivity index (χ4n) is 8.43. The number of Topliss-reactive ketones (excluding diaryl/α,β-unsaturated/α-hetero) is 1. The largest absolute Gasteiger partial charge is 0.461 e. The van der Waals surface area contributed by atoms with Crippen LogP contribution in [-0.4, -0.2) is 47.0 Å². The number of ether oxygens (including phenoxy) is 4. The molecule has 1 aromatic carbocycles.